The summed E-state index contributed by atoms with van der Waals surface area (Å²) in [6.45, 7) is 4.20. The minimum Gasteiger partial charge on any atom is -0.378 e. The first-order valence-corrected chi connectivity index (χ1v) is 12.3. The molecule has 2 aromatic carbocycles. The molecule has 0 atom stereocenters. The number of rotatable bonds is 7. The Morgan fingerprint density at radius 3 is 2.56 bits per heavy atom. The standard InChI is InChI=1S/C22H29N5O4S/c1-24-13-15-26(16-14-24)32(30,31)19-8-9-20(22(17-19)27(28)29)23-10-12-25-11-4-6-18-5-2-3-7-21(18)25/h2-3,5,7-9,17,23H,4,6,10-16H2,1H3. The number of nitro groups is 1. The maximum atomic E-state index is 13.0. The molecule has 4 rings (SSSR count). The van der Waals surface area contributed by atoms with Gasteiger partial charge in [-0.15, -0.1) is 0 Å². The van der Waals surface area contributed by atoms with E-state index in [1.807, 2.05) is 19.2 Å². The van der Waals surface area contributed by atoms with E-state index in [-0.39, 0.29) is 10.6 Å². The van der Waals surface area contributed by atoms with Gasteiger partial charge < -0.3 is 15.1 Å². The van der Waals surface area contributed by atoms with Gasteiger partial charge in [-0.05, 0) is 43.7 Å². The Labute approximate surface area is 188 Å². The van der Waals surface area contributed by atoms with Crippen molar-refractivity contribution in [1.29, 1.82) is 0 Å². The number of fused-ring (bicyclic) bond motifs is 1. The molecule has 0 bridgehead atoms. The first-order valence-electron chi connectivity index (χ1n) is 10.9. The summed E-state index contributed by atoms with van der Waals surface area (Å²) in [6, 6.07) is 12.4. The number of piperazine rings is 1. The van der Waals surface area contributed by atoms with E-state index in [9.17, 15) is 18.5 Å². The van der Waals surface area contributed by atoms with E-state index < -0.39 is 14.9 Å². The minimum atomic E-state index is -3.76. The van der Waals surface area contributed by atoms with Crippen LogP contribution in [-0.2, 0) is 16.4 Å². The lowest BCUT2D eigenvalue weighted by atomic mass is 10.0. The molecule has 32 heavy (non-hydrogen) atoms. The summed E-state index contributed by atoms with van der Waals surface area (Å²) in [5.74, 6) is 0. The molecule has 1 N–H and O–H groups in total. The van der Waals surface area contributed by atoms with Gasteiger partial charge in [-0.25, -0.2) is 8.42 Å². The van der Waals surface area contributed by atoms with E-state index in [1.165, 1.54) is 33.8 Å². The number of nitro benzene ring substituents is 1. The fourth-order valence-electron chi connectivity index (χ4n) is 4.32. The first kappa shape index (κ1) is 22.5. The average Bonchev–Trinajstić information content (AvgIpc) is 2.79. The fraction of sp³-hybridized carbons (Fsp3) is 0.455. The Morgan fingerprint density at radius 1 is 1.06 bits per heavy atom. The molecule has 0 saturated carbocycles. The lowest BCUT2D eigenvalue weighted by molar-refractivity contribution is -0.384. The lowest BCUT2D eigenvalue weighted by Crippen LogP contribution is -2.47. The highest BCUT2D eigenvalue weighted by molar-refractivity contribution is 7.89. The molecule has 2 aliphatic heterocycles. The lowest BCUT2D eigenvalue weighted by Gasteiger charge is -2.31. The molecule has 0 aliphatic carbocycles. The summed E-state index contributed by atoms with van der Waals surface area (Å²) >= 11 is 0. The van der Waals surface area contributed by atoms with E-state index in [0.29, 0.717) is 45.0 Å². The van der Waals surface area contributed by atoms with Crippen LogP contribution < -0.4 is 10.2 Å². The third kappa shape index (κ3) is 4.72. The predicted molar refractivity (Wildman–Crippen MR) is 125 cm³/mol. The molecular weight excluding hydrogens is 430 g/mol. The van der Waals surface area contributed by atoms with Crippen LogP contribution >= 0.6 is 0 Å². The van der Waals surface area contributed by atoms with Crippen LogP contribution in [0.25, 0.3) is 0 Å². The number of para-hydroxylation sites is 1. The van der Waals surface area contributed by atoms with Crippen LogP contribution in [0.3, 0.4) is 0 Å². The molecule has 10 heteroatoms. The van der Waals surface area contributed by atoms with E-state index in [0.717, 1.165) is 19.4 Å². The van der Waals surface area contributed by atoms with E-state index in [1.54, 1.807) is 0 Å². The molecule has 1 saturated heterocycles. The number of benzene rings is 2. The van der Waals surface area contributed by atoms with Crippen molar-refractivity contribution in [2.75, 3.05) is 63.1 Å². The highest BCUT2D eigenvalue weighted by Gasteiger charge is 2.29. The Morgan fingerprint density at radius 2 is 1.81 bits per heavy atom. The highest BCUT2D eigenvalue weighted by Crippen LogP contribution is 2.30. The largest absolute Gasteiger partial charge is 0.378 e. The fourth-order valence-corrected chi connectivity index (χ4v) is 5.76. The second-order valence-corrected chi connectivity index (χ2v) is 10.2. The highest BCUT2D eigenvalue weighted by atomic mass is 32.2. The van der Waals surface area contributed by atoms with Crippen molar-refractivity contribution in [2.45, 2.75) is 17.7 Å². The van der Waals surface area contributed by atoms with E-state index in [2.05, 4.69) is 27.2 Å². The zero-order valence-electron chi connectivity index (χ0n) is 18.2. The van der Waals surface area contributed by atoms with Crippen molar-refractivity contribution in [2.24, 2.45) is 0 Å². The van der Waals surface area contributed by atoms with Gasteiger partial charge >= 0.3 is 0 Å². The topological polar surface area (TPSA) is 99.0 Å². The van der Waals surface area contributed by atoms with Crippen LogP contribution in [0, 0.1) is 10.1 Å². The minimum absolute atomic E-state index is 0.0377. The van der Waals surface area contributed by atoms with Crippen molar-refractivity contribution in [1.82, 2.24) is 9.21 Å². The van der Waals surface area contributed by atoms with Gasteiger partial charge in [0.05, 0.1) is 9.82 Å². The van der Waals surface area contributed by atoms with Gasteiger partial charge in [-0.3, -0.25) is 10.1 Å². The van der Waals surface area contributed by atoms with Gasteiger partial charge in [0, 0.05) is 57.6 Å². The summed E-state index contributed by atoms with van der Waals surface area (Å²) in [4.78, 5) is 15.5. The van der Waals surface area contributed by atoms with Gasteiger partial charge in [0.15, 0.2) is 0 Å². The van der Waals surface area contributed by atoms with Crippen molar-refractivity contribution in [3.05, 3.63) is 58.1 Å². The smallest absolute Gasteiger partial charge is 0.293 e. The van der Waals surface area contributed by atoms with Crippen LogP contribution in [0.2, 0.25) is 0 Å². The molecule has 0 aromatic heterocycles. The van der Waals surface area contributed by atoms with Crippen LogP contribution in [0.15, 0.2) is 47.4 Å². The first-order chi connectivity index (χ1) is 15.4. The van der Waals surface area contributed by atoms with Crippen molar-refractivity contribution < 1.29 is 13.3 Å². The molecular formula is C22H29N5O4S. The number of hydrogen-bond acceptors (Lipinski definition) is 7. The number of anilines is 2. The molecule has 1 fully saturated rings. The number of likely N-dealkylation sites (N-methyl/N-ethyl adjacent to an activating group) is 1. The second kappa shape index (κ2) is 9.43. The Hall–Kier alpha value is -2.69. The monoisotopic (exact) mass is 459 g/mol. The van der Waals surface area contributed by atoms with E-state index in [4.69, 9.17) is 0 Å². The third-order valence-electron chi connectivity index (χ3n) is 6.17. The summed E-state index contributed by atoms with van der Waals surface area (Å²) < 4.78 is 27.3. The molecule has 0 radical (unpaired) electrons. The second-order valence-electron chi connectivity index (χ2n) is 8.29. The molecule has 0 unspecified atom stereocenters. The van der Waals surface area contributed by atoms with Gasteiger partial charge in [-0.2, -0.15) is 4.31 Å². The SMILES string of the molecule is CN1CCN(S(=O)(=O)c2ccc(NCCN3CCCc4ccccc43)c([N+](=O)[O-])c2)CC1. The van der Waals surface area contributed by atoms with Crippen LogP contribution in [-0.4, -0.2) is 75.4 Å². The van der Waals surface area contributed by atoms with E-state index >= 15 is 0 Å². The zero-order valence-corrected chi connectivity index (χ0v) is 19.1. The van der Waals surface area contributed by atoms with Gasteiger partial charge in [0.2, 0.25) is 10.0 Å². The van der Waals surface area contributed by atoms with Crippen molar-refractivity contribution in [3.63, 3.8) is 0 Å². The molecule has 0 spiro atoms. The molecule has 2 aliphatic rings. The number of sulfonamides is 1. The zero-order chi connectivity index (χ0) is 22.7. The number of hydrogen-bond donors (Lipinski definition) is 1. The Kier molecular flexibility index (Phi) is 6.63. The predicted octanol–water partition coefficient (Wildman–Crippen LogP) is 2.40. The summed E-state index contributed by atoms with van der Waals surface area (Å²) in [5.41, 5.74) is 2.64. The van der Waals surface area contributed by atoms with Gasteiger partial charge in [-0.1, -0.05) is 18.2 Å². The van der Waals surface area contributed by atoms with Crippen LogP contribution in [0.1, 0.15) is 12.0 Å². The van der Waals surface area contributed by atoms with Crippen molar-refractivity contribution in [3.8, 4) is 0 Å². The molecule has 172 valence electrons. The molecule has 9 nitrogen and oxygen atoms in total. The normalized spacial score (nSPS) is 17.7. The maximum Gasteiger partial charge on any atom is 0.293 e. The van der Waals surface area contributed by atoms with Crippen LogP contribution in [0.5, 0.6) is 0 Å². The van der Waals surface area contributed by atoms with Crippen molar-refractivity contribution >= 4 is 27.1 Å². The average molecular weight is 460 g/mol. The number of aryl methyl sites for hydroxylation is 1. The van der Waals surface area contributed by atoms with Gasteiger partial charge in [0.25, 0.3) is 5.69 Å². The summed E-state index contributed by atoms with van der Waals surface area (Å²) in [5, 5.41) is 14.8. The third-order valence-corrected chi connectivity index (χ3v) is 8.06. The molecule has 2 heterocycles. The Bertz CT molecular complexity index is 1080. The molecule has 0 amide bonds. The molecule has 2 aromatic rings. The summed E-state index contributed by atoms with van der Waals surface area (Å²) in [7, 11) is -1.82. The van der Waals surface area contributed by atoms with Gasteiger partial charge in [0.1, 0.15) is 5.69 Å². The number of nitrogens with one attached hydrogen (secondary N) is 1. The number of nitrogens with zero attached hydrogens (tertiary/aromatic N) is 4. The van der Waals surface area contributed by atoms with Crippen LogP contribution in [0.4, 0.5) is 17.1 Å². The Balaban J connectivity index is 1.46. The quantitative estimate of drug-likeness (QED) is 0.501. The maximum absolute atomic E-state index is 13.0. The summed E-state index contributed by atoms with van der Waals surface area (Å²) in [6.07, 6.45) is 2.14.